The molecule has 3 N–H and O–H groups in total. The van der Waals surface area contributed by atoms with Crippen LogP contribution >= 0.6 is 0 Å². The number of hydrogen-bond acceptors (Lipinski definition) is 7. The summed E-state index contributed by atoms with van der Waals surface area (Å²) in [5.74, 6) is -2.67. The molecule has 2 aromatic rings. The van der Waals surface area contributed by atoms with Crippen LogP contribution in [0.5, 0.6) is 5.75 Å². The van der Waals surface area contributed by atoms with E-state index < -0.39 is 40.1 Å². The predicted molar refractivity (Wildman–Crippen MR) is 123 cm³/mol. The van der Waals surface area contributed by atoms with Gasteiger partial charge >= 0.3 is 0 Å². The first-order valence-corrected chi connectivity index (χ1v) is 12.3. The zero-order valence-corrected chi connectivity index (χ0v) is 18.9. The van der Waals surface area contributed by atoms with Gasteiger partial charge < -0.3 is 20.7 Å². The third kappa shape index (κ3) is 4.03. The molecule has 5 rings (SSSR count). The van der Waals surface area contributed by atoms with E-state index in [1.165, 1.54) is 18.2 Å². The fourth-order valence-electron chi connectivity index (χ4n) is 4.18. The van der Waals surface area contributed by atoms with E-state index >= 15 is 0 Å². The Labute approximate surface area is 195 Å². The zero-order valence-electron chi connectivity index (χ0n) is 18.1. The summed E-state index contributed by atoms with van der Waals surface area (Å²) in [7, 11) is -4.25. The fraction of sp³-hybridized carbons (Fsp3) is 0.304. The number of amidine groups is 1. The molecule has 1 saturated carbocycles. The van der Waals surface area contributed by atoms with Crippen LogP contribution < -0.4 is 20.7 Å². The first-order valence-electron chi connectivity index (χ1n) is 10.9. The Bertz CT molecular complexity index is 1350. The second kappa shape index (κ2) is 8.24. The third-order valence-corrected chi connectivity index (χ3v) is 7.39. The number of nitrogens with one attached hydrogen (secondary N) is 1. The average molecular weight is 483 g/mol. The monoisotopic (exact) mass is 482 g/mol. The maximum Gasteiger partial charge on any atom is 0.286 e. The van der Waals surface area contributed by atoms with Crippen molar-refractivity contribution in [2.75, 3.05) is 23.4 Å². The number of nitrogens with zero attached hydrogens (tertiary/aromatic N) is 2. The first kappa shape index (κ1) is 22.1. The number of amides is 2. The van der Waals surface area contributed by atoms with Crippen LogP contribution in [-0.2, 0) is 19.6 Å². The minimum Gasteiger partial charge on any atom is -0.484 e. The highest BCUT2D eigenvalue weighted by molar-refractivity contribution is 7.90. The van der Waals surface area contributed by atoms with E-state index in [0.29, 0.717) is 23.7 Å². The van der Waals surface area contributed by atoms with E-state index in [0.717, 1.165) is 19.3 Å². The summed E-state index contributed by atoms with van der Waals surface area (Å²) in [6.45, 7) is 0.0312. The number of primary amides is 1. The van der Waals surface area contributed by atoms with Crippen molar-refractivity contribution < 1.29 is 27.5 Å². The number of anilines is 2. The van der Waals surface area contributed by atoms with Crippen LogP contribution in [0.2, 0.25) is 0 Å². The van der Waals surface area contributed by atoms with Gasteiger partial charge in [-0.15, -0.1) is 4.40 Å². The van der Waals surface area contributed by atoms with Crippen LogP contribution in [0.15, 0.2) is 51.8 Å². The zero-order chi connectivity index (χ0) is 24.0. The van der Waals surface area contributed by atoms with E-state index in [2.05, 4.69) is 9.71 Å². The Morgan fingerprint density at radius 3 is 2.68 bits per heavy atom. The van der Waals surface area contributed by atoms with Crippen molar-refractivity contribution in [2.45, 2.75) is 24.2 Å². The summed E-state index contributed by atoms with van der Waals surface area (Å²) < 4.78 is 34.9. The minimum atomic E-state index is -4.25. The van der Waals surface area contributed by atoms with Crippen molar-refractivity contribution in [3.63, 3.8) is 0 Å². The van der Waals surface area contributed by atoms with Crippen LogP contribution in [0.1, 0.15) is 29.6 Å². The number of benzene rings is 2. The summed E-state index contributed by atoms with van der Waals surface area (Å²) in [4.78, 5) is 39.1. The molecule has 0 radical (unpaired) electrons. The molecule has 1 atom stereocenters. The van der Waals surface area contributed by atoms with Crippen LogP contribution in [0.4, 0.5) is 11.4 Å². The number of carbonyl (C=O) groups excluding carboxylic acids is 3. The molecule has 2 aliphatic heterocycles. The highest BCUT2D eigenvalue weighted by atomic mass is 32.2. The van der Waals surface area contributed by atoms with Crippen molar-refractivity contribution in [2.24, 2.45) is 22.0 Å². The van der Waals surface area contributed by atoms with Gasteiger partial charge in [-0.3, -0.25) is 14.4 Å². The molecule has 2 heterocycles. The SMILES string of the molecule is NC(=O)COc1ccc2c(c1)S(=O)(=O)N=C(C1C(=O)c3ccccc3N(CCC3CC3)C1=O)N2. The van der Waals surface area contributed by atoms with Gasteiger partial charge in [0.15, 0.2) is 18.3 Å². The van der Waals surface area contributed by atoms with E-state index in [1.807, 2.05) is 0 Å². The molecule has 34 heavy (non-hydrogen) atoms. The molecule has 0 spiro atoms. The Balaban J connectivity index is 1.49. The van der Waals surface area contributed by atoms with Crippen molar-refractivity contribution in [1.29, 1.82) is 0 Å². The molecule has 0 saturated heterocycles. The van der Waals surface area contributed by atoms with Gasteiger partial charge in [0.1, 0.15) is 16.5 Å². The van der Waals surface area contributed by atoms with Crippen molar-refractivity contribution in [1.82, 2.24) is 0 Å². The molecule has 2 amide bonds. The fourth-order valence-corrected chi connectivity index (χ4v) is 5.35. The topological polar surface area (TPSA) is 148 Å². The number of carbonyl (C=O) groups is 3. The Hall–Kier alpha value is -3.73. The van der Waals surface area contributed by atoms with Gasteiger partial charge in [-0.25, -0.2) is 0 Å². The number of hydrogen-bond donors (Lipinski definition) is 2. The summed E-state index contributed by atoms with van der Waals surface area (Å²) in [6.07, 6.45) is 3.07. The second-order valence-corrected chi connectivity index (χ2v) is 10.1. The molecule has 1 aliphatic carbocycles. The van der Waals surface area contributed by atoms with Gasteiger partial charge in [-0.2, -0.15) is 8.42 Å². The highest BCUT2D eigenvalue weighted by Crippen LogP contribution is 2.38. The van der Waals surface area contributed by atoms with Gasteiger partial charge in [0.25, 0.3) is 15.9 Å². The van der Waals surface area contributed by atoms with E-state index in [9.17, 15) is 22.8 Å². The van der Waals surface area contributed by atoms with Gasteiger partial charge in [0.05, 0.1) is 11.4 Å². The molecule has 3 aliphatic rings. The number of rotatable bonds is 7. The van der Waals surface area contributed by atoms with Crippen LogP contribution in [0, 0.1) is 11.8 Å². The second-order valence-electron chi connectivity index (χ2n) is 8.53. The normalized spacial score (nSPS) is 20.6. The predicted octanol–water partition coefficient (Wildman–Crippen LogP) is 1.71. The molecule has 0 bridgehead atoms. The van der Waals surface area contributed by atoms with Gasteiger partial charge in [0.2, 0.25) is 5.91 Å². The Kier molecular flexibility index (Phi) is 5.35. The van der Waals surface area contributed by atoms with Crippen molar-refractivity contribution >= 4 is 44.8 Å². The number of Topliss-reactive ketones (excluding diaryl/α,β-unsaturated/α-hetero) is 1. The highest BCUT2D eigenvalue weighted by Gasteiger charge is 2.45. The molecular weight excluding hydrogens is 460 g/mol. The van der Waals surface area contributed by atoms with Gasteiger partial charge in [-0.1, -0.05) is 25.0 Å². The smallest absolute Gasteiger partial charge is 0.286 e. The number of sulfonamides is 1. The molecule has 1 fully saturated rings. The largest absolute Gasteiger partial charge is 0.484 e. The lowest BCUT2D eigenvalue weighted by atomic mass is 9.88. The lowest BCUT2D eigenvalue weighted by molar-refractivity contribution is -0.120. The number of nitrogens with two attached hydrogens (primary N) is 1. The van der Waals surface area contributed by atoms with Gasteiger partial charge in [0, 0.05) is 18.2 Å². The maximum atomic E-state index is 13.5. The Morgan fingerprint density at radius 1 is 1.18 bits per heavy atom. The summed E-state index contributed by atoms with van der Waals surface area (Å²) in [5, 5.41) is 2.86. The number of para-hydroxylation sites is 1. The van der Waals surface area contributed by atoms with Crippen LogP contribution in [0.25, 0.3) is 0 Å². The molecular formula is C23H22N4O6S. The van der Waals surface area contributed by atoms with Crippen molar-refractivity contribution in [3.05, 3.63) is 48.0 Å². The van der Waals surface area contributed by atoms with Crippen LogP contribution in [-0.4, -0.2) is 45.0 Å². The van der Waals surface area contributed by atoms with Gasteiger partial charge in [-0.05, 0) is 36.6 Å². The van der Waals surface area contributed by atoms with Crippen LogP contribution in [0.3, 0.4) is 0 Å². The lowest BCUT2D eigenvalue weighted by Gasteiger charge is -2.34. The summed E-state index contributed by atoms with van der Waals surface area (Å²) in [5.41, 5.74) is 6.10. The molecule has 1 unspecified atom stereocenters. The summed E-state index contributed by atoms with van der Waals surface area (Å²) in [6, 6.07) is 10.9. The maximum absolute atomic E-state index is 13.5. The van der Waals surface area contributed by atoms with E-state index in [-0.39, 0.29) is 22.2 Å². The molecule has 10 nitrogen and oxygen atoms in total. The molecule has 0 aromatic heterocycles. The number of ketones is 1. The molecule has 176 valence electrons. The first-order chi connectivity index (χ1) is 16.2. The Morgan fingerprint density at radius 2 is 1.94 bits per heavy atom. The van der Waals surface area contributed by atoms with Crippen molar-refractivity contribution in [3.8, 4) is 5.75 Å². The third-order valence-electron chi connectivity index (χ3n) is 6.06. The standard InChI is InChI=1S/C23H22N4O6S/c24-19(28)12-33-14-7-8-16-18(11-14)34(31,32)26-22(25-16)20-21(29)15-3-1-2-4-17(15)27(23(20)30)10-9-13-5-6-13/h1-4,7-8,11,13,20H,5-6,9-10,12H2,(H2,24,28)(H,25,26). The lowest BCUT2D eigenvalue weighted by Crippen LogP contribution is -2.50. The number of ether oxygens (including phenoxy) is 1. The number of fused-ring (bicyclic) bond motifs is 2. The minimum absolute atomic E-state index is 0.117. The quantitative estimate of drug-likeness (QED) is 0.571. The molecule has 11 heteroatoms. The summed E-state index contributed by atoms with van der Waals surface area (Å²) >= 11 is 0. The van der Waals surface area contributed by atoms with E-state index in [1.54, 1.807) is 29.2 Å². The van der Waals surface area contributed by atoms with E-state index in [4.69, 9.17) is 10.5 Å². The average Bonchev–Trinajstić information content (AvgIpc) is 3.62. The molecule has 2 aromatic carbocycles.